The molecule has 0 aliphatic carbocycles. The summed E-state index contributed by atoms with van der Waals surface area (Å²) in [5.41, 5.74) is 0.532. The molecule has 2 aromatic carbocycles. The number of ether oxygens (including phenoxy) is 2. The number of alkyl halides is 3. The Labute approximate surface area is 216 Å². The number of fused-ring (bicyclic) bond motifs is 1. The second kappa shape index (κ2) is 11.3. The summed E-state index contributed by atoms with van der Waals surface area (Å²) in [6.07, 6.45) is -5.58. The fraction of sp³-hybridized carbons (Fsp3) is 0.400. The van der Waals surface area contributed by atoms with E-state index in [4.69, 9.17) is 4.74 Å². The number of hydrogen-bond acceptors (Lipinski definition) is 6. The maximum atomic E-state index is 13.6. The van der Waals surface area contributed by atoms with E-state index in [2.05, 4.69) is 15.4 Å². The molecular weight excluding hydrogens is 511 g/mol. The Morgan fingerprint density at radius 2 is 1.78 bits per heavy atom. The van der Waals surface area contributed by atoms with Crippen molar-refractivity contribution < 1.29 is 37.0 Å². The van der Waals surface area contributed by atoms with Gasteiger partial charge in [0, 0.05) is 22.8 Å². The molecule has 0 spiro atoms. The minimum atomic E-state index is -4.82. The molecule has 200 valence electrons. The first-order chi connectivity index (χ1) is 17.3. The zero-order chi connectivity index (χ0) is 27.4. The largest absolute Gasteiger partial charge is 0.573 e. The third-order valence-electron chi connectivity index (χ3n) is 5.01. The van der Waals surface area contributed by atoms with E-state index in [0.717, 1.165) is 12.1 Å². The second-order valence-corrected chi connectivity index (χ2v) is 10.2. The number of benzene rings is 2. The molecule has 2 N–H and O–H groups in total. The lowest BCUT2D eigenvalue weighted by Gasteiger charge is -2.27. The monoisotopic (exact) mass is 539 g/mol. The van der Waals surface area contributed by atoms with Gasteiger partial charge in [-0.25, -0.2) is 4.79 Å². The first kappa shape index (κ1) is 28.2. The summed E-state index contributed by atoms with van der Waals surface area (Å²) in [5, 5.41) is 5.32. The van der Waals surface area contributed by atoms with Crippen molar-refractivity contribution in [2.45, 2.75) is 57.1 Å². The predicted molar refractivity (Wildman–Crippen MR) is 133 cm³/mol. The van der Waals surface area contributed by atoms with Crippen LogP contribution in [-0.2, 0) is 16.1 Å². The van der Waals surface area contributed by atoms with Crippen LogP contribution in [0.1, 0.15) is 43.6 Å². The van der Waals surface area contributed by atoms with Gasteiger partial charge < -0.3 is 25.0 Å². The first-order valence-electron chi connectivity index (χ1n) is 11.5. The van der Waals surface area contributed by atoms with E-state index in [-0.39, 0.29) is 18.2 Å². The predicted octanol–water partition coefficient (Wildman–Crippen LogP) is 4.87. The van der Waals surface area contributed by atoms with E-state index in [1.807, 2.05) is 0 Å². The number of nitrogens with zero attached hydrogens (tertiary/aromatic N) is 1. The van der Waals surface area contributed by atoms with Gasteiger partial charge in [-0.05, 0) is 63.6 Å². The van der Waals surface area contributed by atoms with Gasteiger partial charge in [0.05, 0.1) is 12.2 Å². The van der Waals surface area contributed by atoms with Crippen LogP contribution in [0.2, 0.25) is 0 Å². The van der Waals surface area contributed by atoms with Crippen molar-refractivity contribution in [2.75, 3.05) is 17.2 Å². The van der Waals surface area contributed by atoms with Crippen molar-refractivity contribution >= 4 is 35.4 Å². The number of carbonyl (C=O) groups is 3. The van der Waals surface area contributed by atoms with Crippen LogP contribution in [0.15, 0.2) is 47.4 Å². The highest BCUT2D eigenvalue weighted by Gasteiger charge is 2.34. The molecule has 0 fully saturated rings. The van der Waals surface area contributed by atoms with E-state index in [1.54, 1.807) is 45.9 Å². The number of thioether (sulfide) groups is 1. The molecule has 3 amide bonds. The second-order valence-electron chi connectivity index (χ2n) is 9.17. The number of amides is 3. The summed E-state index contributed by atoms with van der Waals surface area (Å²) in [6.45, 7) is 7.28. The number of anilines is 1. The fourth-order valence-corrected chi connectivity index (χ4v) is 4.55. The Bertz CT molecular complexity index is 1150. The quantitative estimate of drug-likeness (QED) is 0.544. The van der Waals surface area contributed by atoms with Crippen LogP contribution < -0.4 is 20.3 Å². The molecule has 0 radical (unpaired) electrons. The summed E-state index contributed by atoms with van der Waals surface area (Å²) in [6, 6.07) is 9.14. The summed E-state index contributed by atoms with van der Waals surface area (Å²) < 4.78 is 46.8. The van der Waals surface area contributed by atoms with E-state index >= 15 is 0 Å². The van der Waals surface area contributed by atoms with Crippen molar-refractivity contribution in [3.63, 3.8) is 0 Å². The summed E-state index contributed by atoms with van der Waals surface area (Å²) in [5.74, 6) is -0.956. The molecule has 0 saturated heterocycles. The molecule has 0 bridgehead atoms. The number of carbonyl (C=O) groups excluding carboxylic acids is 3. The molecule has 37 heavy (non-hydrogen) atoms. The van der Waals surface area contributed by atoms with Crippen molar-refractivity contribution in [3.8, 4) is 5.75 Å². The smallest absolute Gasteiger partial charge is 0.444 e. The lowest BCUT2D eigenvalue weighted by Crippen LogP contribution is -2.50. The van der Waals surface area contributed by atoms with Gasteiger partial charge in [-0.15, -0.1) is 24.9 Å². The van der Waals surface area contributed by atoms with Crippen molar-refractivity contribution in [2.24, 2.45) is 0 Å². The third-order valence-corrected chi connectivity index (χ3v) is 6.16. The van der Waals surface area contributed by atoms with Crippen LogP contribution in [0.25, 0.3) is 0 Å². The van der Waals surface area contributed by atoms with Crippen LogP contribution in [0.5, 0.6) is 5.75 Å². The molecule has 0 unspecified atom stereocenters. The van der Waals surface area contributed by atoms with Crippen molar-refractivity contribution in [1.82, 2.24) is 10.6 Å². The van der Waals surface area contributed by atoms with Gasteiger partial charge in [0.15, 0.2) is 0 Å². The standard InChI is InChI=1S/C25H28F3N3O5S/c1-5-29-21(32)16-8-11-20-19(12-16)31(13-15-6-9-17(10-7-15)35-25(26,27)28)22(33)18(14-37-20)30-23(34)36-24(2,3)4/h6-12,18H,5,13-14H2,1-4H3,(H,29,32)(H,30,34)/t18-/m0/s1. The Balaban J connectivity index is 1.94. The summed E-state index contributed by atoms with van der Waals surface area (Å²) in [7, 11) is 0. The van der Waals surface area contributed by atoms with E-state index in [9.17, 15) is 27.6 Å². The number of hydrogen-bond donors (Lipinski definition) is 2. The number of nitrogens with one attached hydrogen (secondary N) is 2. The number of alkyl carbamates (subject to hydrolysis) is 1. The lowest BCUT2D eigenvalue weighted by atomic mass is 10.1. The van der Waals surface area contributed by atoms with Gasteiger partial charge >= 0.3 is 12.5 Å². The highest BCUT2D eigenvalue weighted by molar-refractivity contribution is 7.99. The molecule has 12 heteroatoms. The Morgan fingerprint density at radius 1 is 1.11 bits per heavy atom. The fourth-order valence-electron chi connectivity index (χ4n) is 3.50. The van der Waals surface area contributed by atoms with Crippen molar-refractivity contribution in [1.29, 1.82) is 0 Å². The average Bonchev–Trinajstić information content (AvgIpc) is 2.90. The van der Waals surface area contributed by atoms with Gasteiger partial charge in [-0.1, -0.05) is 12.1 Å². The highest BCUT2D eigenvalue weighted by atomic mass is 32.2. The van der Waals surface area contributed by atoms with E-state index in [0.29, 0.717) is 28.3 Å². The average molecular weight is 540 g/mol. The van der Waals surface area contributed by atoms with Gasteiger partial charge in [-0.2, -0.15) is 0 Å². The number of halogens is 3. The molecule has 0 saturated carbocycles. The Morgan fingerprint density at radius 3 is 2.38 bits per heavy atom. The van der Waals surface area contributed by atoms with Crippen molar-refractivity contribution in [3.05, 3.63) is 53.6 Å². The van der Waals surface area contributed by atoms with E-state index < -0.39 is 35.8 Å². The van der Waals surface area contributed by atoms with Crippen LogP contribution in [0.3, 0.4) is 0 Å². The third kappa shape index (κ3) is 8.04. The van der Waals surface area contributed by atoms with Gasteiger partial charge in [0.1, 0.15) is 17.4 Å². The minimum Gasteiger partial charge on any atom is -0.444 e. The first-order valence-corrected chi connectivity index (χ1v) is 12.4. The van der Waals surface area contributed by atoms with Crippen LogP contribution in [0, 0.1) is 0 Å². The van der Waals surface area contributed by atoms with Crippen LogP contribution >= 0.6 is 11.8 Å². The molecular formula is C25H28F3N3O5S. The van der Waals surface area contributed by atoms with Gasteiger partial charge in [0.25, 0.3) is 11.8 Å². The van der Waals surface area contributed by atoms with Crippen LogP contribution in [0.4, 0.5) is 23.7 Å². The summed E-state index contributed by atoms with van der Waals surface area (Å²) in [4.78, 5) is 40.6. The van der Waals surface area contributed by atoms with Crippen LogP contribution in [-0.4, -0.2) is 48.2 Å². The SMILES string of the molecule is CCNC(=O)c1ccc2c(c1)N(Cc1ccc(OC(F)(F)F)cc1)C(=O)[C@@H](NC(=O)OC(C)(C)C)CS2. The molecule has 0 aromatic heterocycles. The minimum absolute atomic E-state index is 0.0238. The molecule has 1 heterocycles. The molecule has 2 aromatic rings. The molecule has 1 atom stereocenters. The number of rotatable bonds is 6. The Kier molecular flexibility index (Phi) is 8.62. The topological polar surface area (TPSA) is 97.0 Å². The lowest BCUT2D eigenvalue weighted by molar-refractivity contribution is -0.274. The van der Waals surface area contributed by atoms with E-state index in [1.165, 1.54) is 28.8 Å². The maximum absolute atomic E-state index is 13.6. The van der Waals surface area contributed by atoms with Gasteiger partial charge in [-0.3, -0.25) is 9.59 Å². The highest BCUT2D eigenvalue weighted by Crippen LogP contribution is 2.36. The normalized spacial score (nSPS) is 15.9. The Hall–Kier alpha value is -3.41. The molecule has 3 rings (SSSR count). The molecule has 1 aliphatic rings. The zero-order valence-electron chi connectivity index (χ0n) is 20.8. The molecule has 1 aliphatic heterocycles. The molecule has 8 nitrogen and oxygen atoms in total. The zero-order valence-corrected chi connectivity index (χ0v) is 21.6. The maximum Gasteiger partial charge on any atom is 0.573 e. The summed E-state index contributed by atoms with van der Waals surface area (Å²) >= 11 is 1.33. The van der Waals surface area contributed by atoms with Gasteiger partial charge in [0.2, 0.25) is 0 Å².